The zero-order valence-corrected chi connectivity index (χ0v) is 27.8. The molecule has 0 fully saturated rings. The van der Waals surface area contributed by atoms with Crippen molar-refractivity contribution in [3.05, 3.63) is 130 Å². The maximum Gasteiger partial charge on any atom is 0.174 e. The first-order valence-corrected chi connectivity index (χ1v) is 16.7. The van der Waals surface area contributed by atoms with Crippen LogP contribution in [0.3, 0.4) is 0 Å². The topological polar surface area (TPSA) is 36.9 Å². The first kappa shape index (κ1) is 29.4. The van der Waals surface area contributed by atoms with E-state index in [1.807, 2.05) is 12.1 Å². The molecule has 0 saturated carbocycles. The van der Waals surface area contributed by atoms with Gasteiger partial charge in [-0.25, -0.2) is 0 Å². The van der Waals surface area contributed by atoms with Crippen LogP contribution in [0.4, 0.5) is 0 Å². The van der Waals surface area contributed by atoms with Gasteiger partial charge in [0.1, 0.15) is 11.5 Å². The van der Waals surface area contributed by atoms with Crippen LogP contribution in [-0.4, -0.2) is 21.3 Å². The van der Waals surface area contributed by atoms with E-state index in [0.717, 1.165) is 59.1 Å². The van der Waals surface area contributed by atoms with Crippen LogP contribution in [0.2, 0.25) is 0 Å². The minimum absolute atomic E-state index is 0.145. The molecule has 4 nitrogen and oxygen atoms in total. The number of rotatable bonds is 7. The Morgan fingerprint density at radius 1 is 0.745 bits per heavy atom. The number of methoxy groups -OCH3 is 3. The number of aryl methyl sites for hydroxylation is 1. The summed E-state index contributed by atoms with van der Waals surface area (Å²) in [7, 11) is 5.11. The average molecular weight is 621 g/mol. The number of hydrogen-bond donors (Lipinski definition) is 0. The van der Waals surface area contributed by atoms with Gasteiger partial charge in [0.05, 0.1) is 21.3 Å². The molecule has 2 aliphatic carbocycles. The summed E-state index contributed by atoms with van der Waals surface area (Å²) in [5.41, 5.74) is 10.4. The van der Waals surface area contributed by atoms with Gasteiger partial charge in [-0.05, 0) is 100 Å². The highest BCUT2D eigenvalue weighted by Gasteiger charge is 2.47. The van der Waals surface area contributed by atoms with Gasteiger partial charge >= 0.3 is 0 Å². The predicted molar refractivity (Wildman–Crippen MR) is 191 cm³/mol. The fraction of sp³-hybridized carbons (Fsp3) is 0.256. The van der Waals surface area contributed by atoms with Crippen molar-refractivity contribution in [2.75, 3.05) is 21.3 Å². The lowest BCUT2D eigenvalue weighted by Crippen LogP contribution is -2.37. The molecule has 0 amide bonds. The third-order valence-corrected chi connectivity index (χ3v) is 11.0. The quantitative estimate of drug-likeness (QED) is 0.181. The highest BCUT2D eigenvalue weighted by atomic mass is 16.5. The molecule has 0 spiro atoms. The summed E-state index contributed by atoms with van der Waals surface area (Å²) in [5.74, 6) is 3.10. The Morgan fingerprint density at radius 3 is 2.17 bits per heavy atom. The van der Waals surface area contributed by atoms with E-state index in [1.165, 1.54) is 39.0 Å². The fourth-order valence-electron chi connectivity index (χ4n) is 8.56. The van der Waals surface area contributed by atoms with Crippen LogP contribution in [-0.2, 0) is 17.4 Å². The molecule has 0 bridgehead atoms. The normalized spacial score (nSPS) is 18.4. The number of fused-ring (bicyclic) bond motifs is 9. The van der Waals surface area contributed by atoms with Crippen molar-refractivity contribution >= 4 is 22.9 Å². The molecular weight excluding hydrogens is 580 g/mol. The molecule has 3 aliphatic rings. The van der Waals surface area contributed by atoms with Crippen LogP contribution in [0.1, 0.15) is 66.5 Å². The van der Waals surface area contributed by atoms with Crippen molar-refractivity contribution in [3.63, 3.8) is 0 Å². The Kier molecular flexibility index (Phi) is 6.94. The highest BCUT2D eigenvalue weighted by molar-refractivity contribution is 6.09. The van der Waals surface area contributed by atoms with Crippen LogP contribution in [0, 0.1) is 0 Å². The highest BCUT2D eigenvalue weighted by Crippen LogP contribution is 2.61. The van der Waals surface area contributed by atoms with Crippen LogP contribution in [0.15, 0.2) is 96.6 Å². The van der Waals surface area contributed by atoms with Gasteiger partial charge in [-0.2, -0.15) is 0 Å². The van der Waals surface area contributed by atoms with Gasteiger partial charge in [0.15, 0.2) is 17.1 Å². The lowest BCUT2D eigenvalue weighted by Gasteiger charge is -2.41. The van der Waals surface area contributed by atoms with Gasteiger partial charge in [0, 0.05) is 21.9 Å². The van der Waals surface area contributed by atoms with Crippen LogP contribution >= 0.6 is 0 Å². The Bertz CT molecular complexity index is 2100. The summed E-state index contributed by atoms with van der Waals surface area (Å²) in [6, 6.07) is 30.2. The van der Waals surface area contributed by atoms with E-state index in [9.17, 15) is 0 Å². The van der Waals surface area contributed by atoms with E-state index in [2.05, 4.69) is 105 Å². The summed E-state index contributed by atoms with van der Waals surface area (Å²) >= 11 is 0. The lowest BCUT2D eigenvalue weighted by atomic mass is 9.70. The smallest absolute Gasteiger partial charge is 0.174 e. The summed E-state index contributed by atoms with van der Waals surface area (Å²) < 4.78 is 25.0. The van der Waals surface area contributed by atoms with Gasteiger partial charge in [-0.15, -0.1) is 0 Å². The van der Waals surface area contributed by atoms with Gasteiger partial charge in [0.25, 0.3) is 0 Å². The monoisotopic (exact) mass is 620 g/mol. The molecule has 5 aromatic rings. The largest absolute Gasteiger partial charge is 0.497 e. The Labute approximate surface area is 277 Å². The zero-order chi connectivity index (χ0) is 32.3. The molecule has 236 valence electrons. The van der Waals surface area contributed by atoms with Gasteiger partial charge in [0.2, 0.25) is 0 Å². The molecule has 5 aromatic carbocycles. The van der Waals surface area contributed by atoms with Crippen LogP contribution < -0.4 is 18.9 Å². The van der Waals surface area contributed by atoms with E-state index < -0.39 is 5.60 Å². The fourth-order valence-corrected chi connectivity index (χ4v) is 8.56. The van der Waals surface area contributed by atoms with E-state index in [1.54, 1.807) is 21.3 Å². The summed E-state index contributed by atoms with van der Waals surface area (Å²) in [5, 5.41) is 2.14. The second-order valence-electron chi connectivity index (χ2n) is 12.8. The molecule has 0 aromatic heterocycles. The molecule has 0 radical (unpaired) electrons. The average Bonchev–Trinajstić information content (AvgIpc) is 3.44. The van der Waals surface area contributed by atoms with Crippen molar-refractivity contribution in [3.8, 4) is 34.1 Å². The molecule has 1 unspecified atom stereocenters. The molecular formula is C43H40O4. The molecule has 0 saturated heterocycles. The number of benzene rings is 5. The standard InChI is InChI=1S/C43H40O4/c1-6-42(7-2)36-15-11-10-14-32(36)39-34-25-37(45-4)38(46-5)26-35(34)41-33(40(39)42)22-23-43(47-41,29-18-20-31(44-3)21-19-29)30-17-16-27-12-8-9-13-28(27)24-30/h8-15,18-26H,6-7,16-17H2,1-5H3. The summed E-state index contributed by atoms with van der Waals surface area (Å²) in [6.45, 7) is 4.64. The van der Waals surface area contributed by atoms with Gasteiger partial charge in [-0.1, -0.05) is 86.7 Å². The third kappa shape index (κ3) is 4.13. The minimum atomic E-state index is -0.812. The SMILES string of the molecule is CCC1(CC)c2ccccc2-c2c1c1c(c3cc(OC)c(OC)cc23)OC(C2=Cc3ccccc3CC2)(c2ccc(OC)cc2)C=C1. The Balaban J connectivity index is 1.47. The Morgan fingerprint density at radius 2 is 1.45 bits per heavy atom. The van der Waals surface area contributed by atoms with Crippen molar-refractivity contribution in [2.24, 2.45) is 0 Å². The van der Waals surface area contributed by atoms with E-state index in [0.29, 0.717) is 11.5 Å². The van der Waals surface area contributed by atoms with Crippen molar-refractivity contribution in [2.45, 2.75) is 50.5 Å². The van der Waals surface area contributed by atoms with Crippen molar-refractivity contribution in [1.29, 1.82) is 0 Å². The first-order valence-electron chi connectivity index (χ1n) is 16.7. The molecule has 8 rings (SSSR count). The van der Waals surface area contributed by atoms with Crippen molar-refractivity contribution < 1.29 is 18.9 Å². The third-order valence-electron chi connectivity index (χ3n) is 11.0. The van der Waals surface area contributed by atoms with Crippen LogP contribution in [0.25, 0.3) is 34.1 Å². The van der Waals surface area contributed by atoms with Gasteiger partial charge < -0.3 is 18.9 Å². The summed E-state index contributed by atoms with van der Waals surface area (Å²) in [4.78, 5) is 0. The van der Waals surface area contributed by atoms with Crippen molar-refractivity contribution in [1.82, 2.24) is 0 Å². The number of ether oxygens (including phenoxy) is 4. The van der Waals surface area contributed by atoms with E-state index >= 15 is 0 Å². The van der Waals surface area contributed by atoms with Gasteiger partial charge in [-0.3, -0.25) is 0 Å². The second-order valence-corrected chi connectivity index (χ2v) is 12.8. The summed E-state index contributed by atoms with van der Waals surface area (Å²) in [6.07, 6.45) is 10.8. The van der Waals surface area contributed by atoms with E-state index in [4.69, 9.17) is 18.9 Å². The molecule has 4 heteroatoms. The second kappa shape index (κ2) is 11.1. The maximum absolute atomic E-state index is 7.63. The zero-order valence-electron chi connectivity index (χ0n) is 27.8. The minimum Gasteiger partial charge on any atom is -0.497 e. The first-order chi connectivity index (χ1) is 23.0. The molecule has 1 aliphatic heterocycles. The molecule has 1 heterocycles. The molecule has 1 atom stereocenters. The Hall–Kier alpha value is -4.96. The molecule has 47 heavy (non-hydrogen) atoms. The number of hydrogen-bond acceptors (Lipinski definition) is 4. The lowest BCUT2D eigenvalue weighted by molar-refractivity contribution is 0.155. The predicted octanol–water partition coefficient (Wildman–Crippen LogP) is 10.3. The maximum atomic E-state index is 7.63. The molecule has 0 N–H and O–H groups in total. The van der Waals surface area contributed by atoms with Crippen LogP contribution in [0.5, 0.6) is 23.0 Å². The van der Waals surface area contributed by atoms with E-state index in [-0.39, 0.29) is 5.41 Å².